The zero-order valence-corrected chi connectivity index (χ0v) is 15.3. The van der Waals surface area contributed by atoms with Gasteiger partial charge in [-0.2, -0.15) is 11.3 Å². The van der Waals surface area contributed by atoms with Gasteiger partial charge < -0.3 is 16.8 Å². The monoisotopic (exact) mass is 361 g/mol. The highest BCUT2D eigenvalue weighted by Crippen LogP contribution is 2.33. The van der Waals surface area contributed by atoms with Crippen molar-refractivity contribution >= 4 is 47.5 Å². The minimum Gasteiger partial charge on any atom is -0.399 e. The highest BCUT2D eigenvalue weighted by molar-refractivity contribution is 7.08. The van der Waals surface area contributed by atoms with Crippen molar-refractivity contribution < 1.29 is 0 Å². The SMILES string of the molecule is CCCCCNCc1cscc1-c1cc(N)ccc1N.Cl.Cl. The van der Waals surface area contributed by atoms with Crippen molar-refractivity contribution in [3.8, 4) is 11.1 Å². The topological polar surface area (TPSA) is 64.1 Å². The van der Waals surface area contributed by atoms with Gasteiger partial charge in [0.15, 0.2) is 0 Å². The first-order chi connectivity index (χ1) is 9.72. The van der Waals surface area contributed by atoms with E-state index in [4.69, 9.17) is 11.5 Å². The second-order valence-electron chi connectivity index (χ2n) is 5.04. The Morgan fingerprint density at radius 1 is 1.05 bits per heavy atom. The van der Waals surface area contributed by atoms with Gasteiger partial charge in [-0.15, -0.1) is 24.8 Å². The van der Waals surface area contributed by atoms with Gasteiger partial charge in [-0.25, -0.2) is 0 Å². The Labute approximate surface area is 149 Å². The van der Waals surface area contributed by atoms with Crippen molar-refractivity contribution in [3.05, 3.63) is 34.5 Å². The lowest BCUT2D eigenvalue weighted by atomic mass is 10.0. The predicted octanol–water partition coefficient (Wildman–Crippen LogP) is 4.70. The lowest BCUT2D eigenvalue weighted by molar-refractivity contribution is 0.618. The van der Waals surface area contributed by atoms with E-state index in [0.29, 0.717) is 0 Å². The number of nitrogens with two attached hydrogens (primary N) is 2. The summed E-state index contributed by atoms with van der Waals surface area (Å²) < 4.78 is 0. The first kappa shape index (κ1) is 21.1. The largest absolute Gasteiger partial charge is 0.399 e. The number of hydrogen-bond acceptors (Lipinski definition) is 4. The summed E-state index contributed by atoms with van der Waals surface area (Å²) >= 11 is 1.71. The van der Waals surface area contributed by atoms with Crippen LogP contribution in [0.1, 0.15) is 31.7 Å². The fourth-order valence-electron chi connectivity index (χ4n) is 2.23. The maximum Gasteiger partial charge on any atom is 0.0395 e. The third kappa shape index (κ3) is 5.69. The molecule has 0 saturated carbocycles. The molecular weight excluding hydrogens is 337 g/mol. The normalized spacial score (nSPS) is 9.86. The zero-order chi connectivity index (χ0) is 14.4. The van der Waals surface area contributed by atoms with Crippen molar-refractivity contribution in [2.75, 3.05) is 18.0 Å². The summed E-state index contributed by atoms with van der Waals surface area (Å²) in [6, 6.07) is 5.67. The van der Waals surface area contributed by atoms with Gasteiger partial charge in [-0.05, 0) is 53.1 Å². The molecule has 5 N–H and O–H groups in total. The molecular formula is C16H25Cl2N3S. The second-order valence-corrected chi connectivity index (χ2v) is 5.78. The highest BCUT2D eigenvalue weighted by atomic mass is 35.5. The van der Waals surface area contributed by atoms with Gasteiger partial charge in [-0.3, -0.25) is 0 Å². The Bertz CT molecular complexity index is 558. The van der Waals surface area contributed by atoms with Crippen LogP contribution in [0.4, 0.5) is 11.4 Å². The average molecular weight is 362 g/mol. The fraction of sp³-hybridized carbons (Fsp3) is 0.375. The summed E-state index contributed by atoms with van der Waals surface area (Å²) in [5.74, 6) is 0. The lowest BCUT2D eigenvalue weighted by Gasteiger charge is -2.09. The maximum absolute atomic E-state index is 6.07. The number of anilines is 2. The molecule has 0 atom stereocenters. The van der Waals surface area contributed by atoms with Gasteiger partial charge in [0, 0.05) is 23.5 Å². The van der Waals surface area contributed by atoms with Crippen molar-refractivity contribution in [1.82, 2.24) is 5.32 Å². The van der Waals surface area contributed by atoms with Crippen LogP contribution < -0.4 is 16.8 Å². The van der Waals surface area contributed by atoms with E-state index in [0.717, 1.165) is 30.0 Å². The van der Waals surface area contributed by atoms with Gasteiger partial charge in [0.2, 0.25) is 0 Å². The van der Waals surface area contributed by atoms with Gasteiger partial charge >= 0.3 is 0 Å². The third-order valence-electron chi connectivity index (χ3n) is 3.38. The van der Waals surface area contributed by atoms with Crippen molar-refractivity contribution in [2.24, 2.45) is 0 Å². The third-order valence-corrected chi connectivity index (χ3v) is 4.17. The Morgan fingerprint density at radius 2 is 1.82 bits per heavy atom. The minimum absolute atomic E-state index is 0. The molecule has 0 radical (unpaired) electrons. The average Bonchev–Trinajstić information content (AvgIpc) is 2.89. The second kappa shape index (κ2) is 10.7. The Morgan fingerprint density at radius 3 is 2.55 bits per heavy atom. The summed E-state index contributed by atoms with van der Waals surface area (Å²) in [6.07, 6.45) is 3.77. The van der Waals surface area contributed by atoms with E-state index >= 15 is 0 Å². The van der Waals surface area contributed by atoms with Gasteiger partial charge in [0.05, 0.1) is 0 Å². The Kier molecular flexibility index (Phi) is 10.3. The Hall–Kier alpha value is -0.940. The van der Waals surface area contributed by atoms with Crippen LogP contribution in [0, 0.1) is 0 Å². The summed E-state index contributed by atoms with van der Waals surface area (Å²) in [5, 5.41) is 7.83. The van der Waals surface area contributed by atoms with E-state index in [2.05, 4.69) is 23.0 Å². The Balaban J connectivity index is 0.00000220. The number of halogens is 2. The van der Waals surface area contributed by atoms with Crippen LogP contribution in [0.2, 0.25) is 0 Å². The summed E-state index contributed by atoms with van der Waals surface area (Å²) in [7, 11) is 0. The van der Waals surface area contributed by atoms with Crippen molar-refractivity contribution in [3.63, 3.8) is 0 Å². The van der Waals surface area contributed by atoms with Gasteiger partial charge in [-0.1, -0.05) is 19.8 Å². The van der Waals surface area contributed by atoms with Crippen molar-refractivity contribution in [2.45, 2.75) is 32.7 Å². The van der Waals surface area contributed by atoms with Crippen LogP contribution >= 0.6 is 36.2 Å². The molecule has 0 fully saturated rings. The molecule has 1 aromatic heterocycles. The van der Waals surface area contributed by atoms with Crippen LogP contribution in [0.25, 0.3) is 11.1 Å². The summed E-state index contributed by atoms with van der Waals surface area (Å²) in [6.45, 7) is 4.17. The van der Waals surface area contributed by atoms with Crippen LogP contribution in [0.3, 0.4) is 0 Å². The molecule has 0 aliphatic rings. The molecule has 0 bridgehead atoms. The van der Waals surface area contributed by atoms with Crippen LogP contribution in [0.5, 0.6) is 0 Å². The van der Waals surface area contributed by atoms with E-state index < -0.39 is 0 Å². The molecule has 0 unspecified atom stereocenters. The summed E-state index contributed by atoms with van der Waals surface area (Å²) in [4.78, 5) is 0. The molecule has 1 aromatic carbocycles. The van der Waals surface area contributed by atoms with E-state index in [9.17, 15) is 0 Å². The number of unbranched alkanes of at least 4 members (excludes halogenated alkanes) is 2. The lowest BCUT2D eigenvalue weighted by Crippen LogP contribution is -2.14. The van der Waals surface area contributed by atoms with Gasteiger partial charge in [0.1, 0.15) is 0 Å². The standard InChI is InChI=1S/C16H23N3S.2ClH/c1-2-3-4-7-19-9-12-10-20-11-15(12)14-8-13(17)5-6-16(14)18;;/h5-6,8,10-11,19H,2-4,7,9,17-18H2,1H3;2*1H. The van der Waals surface area contributed by atoms with E-state index in [-0.39, 0.29) is 24.8 Å². The molecule has 0 saturated heterocycles. The maximum atomic E-state index is 6.07. The highest BCUT2D eigenvalue weighted by Gasteiger charge is 2.09. The number of hydrogen-bond donors (Lipinski definition) is 3. The predicted molar refractivity (Wildman–Crippen MR) is 104 cm³/mol. The molecule has 124 valence electrons. The zero-order valence-electron chi connectivity index (χ0n) is 12.8. The number of benzene rings is 1. The fourth-order valence-corrected chi connectivity index (χ4v) is 3.08. The molecule has 6 heteroatoms. The number of nitrogen functional groups attached to an aromatic ring is 2. The first-order valence-corrected chi connectivity index (χ1v) is 8.07. The molecule has 0 amide bonds. The molecule has 22 heavy (non-hydrogen) atoms. The minimum atomic E-state index is 0. The molecule has 0 aliphatic carbocycles. The van der Waals surface area contributed by atoms with Gasteiger partial charge in [0.25, 0.3) is 0 Å². The number of rotatable bonds is 7. The quantitative estimate of drug-likeness (QED) is 0.494. The number of nitrogens with one attached hydrogen (secondary N) is 1. The van der Waals surface area contributed by atoms with Crippen molar-refractivity contribution in [1.29, 1.82) is 0 Å². The van der Waals surface area contributed by atoms with Crippen LogP contribution in [0.15, 0.2) is 29.0 Å². The molecule has 1 heterocycles. The van der Waals surface area contributed by atoms with E-state index in [1.165, 1.54) is 30.4 Å². The number of thiophene rings is 1. The van der Waals surface area contributed by atoms with Crippen LogP contribution in [-0.4, -0.2) is 6.54 Å². The molecule has 0 spiro atoms. The molecule has 2 rings (SSSR count). The smallest absolute Gasteiger partial charge is 0.0395 e. The molecule has 0 aliphatic heterocycles. The molecule has 2 aromatic rings. The molecule has 3 nitrogen and oxygen atoms in total. The van der Waals surface area contributed by atoms with E-state index in [1.54, 1.807) is 11.3 Å². The summed E-state index contributed by atoms with van der Waals surface area (Å²) in [5.41, 5.74) is 17.0. The van der Waals surface area contributed by atoms with Crippen LogP contribution in [-0.2, 0) is 6.54 Å². The first-order valence-electron chi connectivity index (χ1n) is 7.13. The van der Waals surface area contributed by atoms with E-state index in [1.807, 2.05) is 18.2 Å².